The van der Waals surface area contributed by atoms with E-state index in [2.05, 4.69) is 37.3 Å². The van der Waals surface area contributed by atoms with Crippen LogP contribution in [0.25, 0.3) is 0 Å². The Bertz CT molecular complexity index is 544. The highest BCUT2D eigenvalue weighted by Gasteiger charge is 2.49. The highest BCUT2D eigenvalue weighted by molar-refractivity contribution is 5.40. The molecule has 19 heavy (non-hydrogen) atoms. The molecule has 0 aliphatic heterocycles. The van der Waals surface area contributed by atoms with Crippen LogP contribution in [0.4, 0.5) is 0 Å². The molecule has 3 aliphatic carbocycles. The Balaban J connectivity index is 1.76. The van der Waals surface area contributed by atoms with E-state index >= 15 is 0 Å². The van der Waals surface area contributed by atoms with Crippen molar-refractivity contribution in [3.8, 4) is 0 Å². The van der Waals surface area contributed by atoms with Gasteiger partial charge in [-0.2, -0.15) is 0 Å². The zero-order valence-corrected chi connectivity index (χ0v) is 11.6. The van der Waals surface area contributed by atoms with E-state index in [1.54, 1.807) is 16.7 Å². The molecular weight excluding hydrogens is 232 g/mol. The maximum Gasteiger partial charge on any atom is 0.0665 e. The highest BCUT2D eigenvalue weighted by atomic mass is 16.3. The lowest BCUT2D eigenvalue weighted by Gasteiger charge is -2.47. The fourth-order valence-electron chi connectivity index (χ4n) is 4.85. The Morgan fingerprint density at radius 1 is 1.16 bits per heavy atom. The van der Waals surface area contributed by atoms with Crippen molar-refractivity contribution >= 4 is 0 Å². The van der Waals surface area contributed by atoms with Gasteiger partial charge in [0.25, 0.3) is 0 Å². The SMILES string of the molecule is C[C@]12CC[C@@H]3c4ccccc4CC[C@H]3C1=CCC2O. The third-order valence-corrected chi connectivity index (χ3v) is 6.00. The summed E-state index contributed by atoms with van der Waals surface area (Å²) in [4.78, 5) is 0. The third kappa shape index (κ3) is 1.51. The second-order valence-electron chi connectivity index (χ2n) is 6.82. The van der Waals surface area contributed by atoms with Crippen LogP contribution in [0.5, 0.6) is 0 Å². The van der Waals surface area contributed by atoms with Crippen LogP contribution < -0.4 is 0 Å². The van der Waals surface area contributed by atoms with E-state index in [-0.39, 0.29) is 11.5 Å². The summed E-state index contributed by atoms with van der Waals surface area (Å²) in [6.07, 6.45) is 7.96. The molecule has 1 heteroatoms. The number of aryl methyl sites for hydroxylation is 1. The van der Waals surface area contributed by atoms with Crippen molar-refractivity contribution in [1.29, 1.82) is 0 Å². The minimum absolute atomic E-state index is 0.0768. The van der Waals surface area contributed by atoms with Crippen molar-refractivity contribution in [2.24, 2.45) is 11.3 Å². The van der Waals surface area contributed by atoms with Gasteiger partial charge < -0.3 is 5.11 Å². The fourth-order valence-corrected chi connectivity index (χ4v) is 4.85. The van der Waals surface area contributed by atoms with Crippen LogP contribution in [-0.4, -0.2) is 11.2 Å². The number of benzene rings is 1. The molecule has 0 heterocycles. The summed E-state index contributed by atoms with van der Waals surface area (Å²) in [5.74, 6) is 1.39. The quantitative estimate of drug-likeness (QED) is 0.698. The lowest BCUT2D eigenvalue weighted by atomic mass is 9.58. The molecule has 1 unspecified atom stereocenters. The standard InChI is InChI=1S/C18H22O/c1-18-11-10-14-13-5-3-2-4-12(13)6-7-15(14)16(18)8-9-17(18)19/h2-5,8,14-15,17,19H,6-7,9-11H2,1H3/t14-,15-,17?,18+/m1/s1. The van der Waals surface area contributed by atoms with Gasteiger partial charge in [-0.05, 0) is 55.1 Å². The first-order valence-corrected chi connectivity index (χ1v) is 7.66. The Morgan fingerprint density at radius 2 is 2.00 bits per heavy atom. The van der Waals surface area contributed by atoms with Gasteiger partial charge in [0.05, 0.1) is 6.10 Å². The Labute approximate surface area is 115 Å². The maximum absolute atomic E-state index is 10.3. The molecule has 1 aromatic rings. The van der Waals surface area contributed by atoms with Crippen molar-refractivity contribution in [2.45, 2.75) is 51.0 Å². The van der Waals surface area contributed by atoms with Crippen molar-refractivity contribution in [3.63, 3.8) is 0 Å². The van der Waals surface area contributed by atoms with Gasteiger partial charge in [0.1, 0.15) is 0 Å². The topological polar surface area (TPSA) is 20.2 Å². The van der Waals surface area contributed by atoms with Crippen LogP contribution >= 0.6 is 0 Å². The van der Waals surface area contributed by atoms with Crippen molar-refractivity contribution in [2.75, 3.05) is 0 Å². The first-order chi connectivity index (χ1) is 9.20. The number of hydrogen-bond donors (Lipinski definition) is 1. The molecule has 0 spiro atoms. The maximum atomic E-state index is 10.3. The average Bonchev–Trinajstić information content (AvgIpc) is 2.75. The Kier molecular flexibility index (Phi) is 2.44. The first-order valence-electron chi connectivity index (χ1n) is 7.66. The number of rotatable bonds is 0. The summed E-state index contributed by atoms with van der Waals surface area (Å²) in [5.41, 5.74) is 4.80. The van der Waals surface area contributed by atoms with Gasteiger partial charge in [-0.1, -0.05) is 42.8 Å². The van der Waals surface area contributed by atoms with Crippen molar-refractivity contribution in [3.05, 3.63) is 47.0 Å². The van der Waals surface area contributed by atoms with E-state index in [1.807, 2.05) is 0 Å². The number of hydrogen-bond acceptors (Lipinski definition) is 1. The molecule has 0 amide bonds. The second kappa shape index (κ2) is 3.96. The van der Waals surface area contributed by atoms with Crippen LogP contribution in [0.3, 0.4) is 0 Å². The van der Waals surface area contributed by atoms with E-state index in [1.165, 1.54) is 19.3 Å². The number of fused-ring (bicyclic) bond motifs is 5. The first kappa shape index (κ1) is 11.7. The van der Waals surface area contributed by atoms with Crippen LogP contribution in [-0.2, 0) is 6.42 Å². The zero-order chi connectivity index (χ0) is 13.0. The largest absolute Gasteiger partial charge is 0.392 e. The monoisotopic (exact) mass is 254 g/mol. The molecule has 3 aliphatic rings. The fraction of sp³-hybridized carbons (Fsp3) is 0.556. The minimum atomic E-state index is -0.138. The molecule has 1 fully saturated rings. The van der Waals surface area contributed by atoms with E-state index < -0.39 is 0 Å². The molecule has 0 radical (unpaired) electrons. The Morgan fingerprint density at radius 3 is 2.89 bits per heavy atom. The summed E-state index contributed by atoms with van der Waals surface area (Å²) in [5, 5.41) is 10.3. The van der Waals surface area contributed by atoms with Crippen molar-refractivity contribution in [1.82, 2.24) is 0 Å². The second-order valence-corrected chi connectivity index (χ2v) is 6.82. The zero-order valence-electron chi connectivity index (χ0n) is 11.6. The smallest absolute Gasteiger partial charge is 0.0665 e. The van der Waals surface area contributed by atoms with Crippen LogP contribution in [0, 0.1) is 11.3 Å². The molecular formula is C18H22O. The molecule has 1 nitrogen and oxygen atoms in total. The van der Waals surface area contributed by atoms with E-state index in [0.717, 1.165) is 12.8 Å². The molecule has 4 atom stereocenters. The van der Waals surface area contributed by atoms with E-state index in [4.69, 9.17) is 0 Å². The number of aliphatic hydroxyl groups is 1. The lowest BCUT2D eigenvalue weighted by molar-refractivity contribution is 0.0471. The lowest BCUT2D eigenvalue weighted by Crippen LogP contribution is -2.40. The van der Waals surface area contributed by atoms with Gasteiger partial charge in [-0.25, -0.2) is 0 Å². The summed E-state index contributed by atoms with van der Waals surface area (Å²) < 4.78 is 0. The molecule has 1 N–H and O–H groups in total. The normalized spacial score (nSPS) is 40.1. The van der Waals surface area contributed by atoms with Gasteiger partial charge in [-0.15, -0.1) is 0 Å². The van der Waals surface area contributed by atoms with Crippen LogP contribution in [0.1, 0.15) is 49.7 Å². The molecule has 4 rings (SSSR count). The minimum Gasteiger partial charge on any atom is -0.392 e. The van der Waals surface area contributed by atoms with Crippen LogP contribution in [0.15, 0.2) is 35.9 Å². The summed E-state index contributed by atoms with van der Waals surface area (Å²) in [6.45, 7) is 2.28. The van der Waals surface area contributed by atoms with Crippen molar-refractivity contribution < 1.29 is 5.11 Å². The molecule has 1 aromatic carbocycles. The molecule has 0 saturated heterocycles. The predicted octanol–water partition coefficient (Wildman–Crippen LogP) is 3.82. The molecule has 100 valence electrons. The number of aliphatic hydroxyl groups excluding tert-OH is 1. The van der Waals surface area contributed by atoms with Gasteiger partial charge >= 0.3 is 0 Å². The van der Waals surface area contributed by atoms with E-state index in [0.29, 0.717) is 11.8 Å². The summed E-state index contributed by atoms with van der Waals surface area (Å²) >= 11 is 0. The summed E-state index contributed by atoms with van der Waals surface area (Å²) in [7, 11) is 0. The van der Waals surface area contributed by atoms with Gasteiger partial charge in [0.2, 0.25) is 0 Å². The highest BCUT2D eigenvalue weighted by Crippen LogP contribution is 2.58. The molecule has 1 saturated carbocycles. The average molecular weight is 254 g/mol. The summed E-state index contributed by atoms with van der Waals surface area (Å²) in [6, 6.07) is 9.00. The molecule has 0 bridgehead atoms. The predicted molar refractivity (Wildman–Crippen MR) is 77.0 cm³/mol. The van der Waals surface area contributed by atoms with Crippen LogP contribution in [0.2, 0.25) is 0 Å². The van der Waals surface area contributed by atoms with E-state index in [9.17, 15) is 5.11 Å². The van der Waals surface area contributed by atoms with Gasteiger partial charge in [-0.3, -0.25) is 0 Å². The Hall–Kier alpha value is -1.08. The molecule has 0 aromatic heterocycles. The van der Waals surface area contributed by atoms with Gasteiger partial charge in [0.15, 0.2) is 0 Å². The van der Waals surface area contributed by atoms with Gasteiger partial charge in [0, 0.05) is 5.41 Å². The third-order valence-electron chi connectivity index (χ3n) is 6.00.